The van der Waals surface area contributed by atoms with E-state index in [0.717, 1.165) is 29.1 Å². The molecule has 0 saturated heterocycles. The third-order valence-electron chi connectivity index (χ3n) is 3.83. The molecule has 0 amide bonds. The van der Waals surface area contributed by atoms with E-state index in [1.807, 2.05) is 37.5 Å². The van der Waals surface area contributed by atoms with Gasteiger partial charge in [0, 0.05) is 18.8 Å². The minimum atomic E-state index is -0.342. The number of aromatic nitrogens is 1. The van der Waals surface area contributed by atoms with Gasteiger partial charge in [0.2, 0.25) is 0 Å². The van der Waals surface area contributed by atoms with Crippen molar-refractivity contribution < 1.29 is 0 Å². The molecule has 0 saturated carbocycles. The average Bonchev–Trinajstić information content (AvgIpc) is 3.04. The van der Waals surface area contributed by atoms with Crippen LogP contribution in [0.4, 0.5) is 0 Å². The van der Waals surface area contributed by atoms with Crippen molar-refractivity contribution in [2.24, 2.45) is 17.0 Å². The predicted octanol–water partition coefficient (Wildman–Crippen LogP) is 3.44. The average molecular weight is 265 g/mol. The maximum Gasteiger partial charge on any atom is 0.148 e. The monoisotopic (exact) mass is 265 g/mol. The molecule has 3 rings (SSSR count). The fraction of sp³-hybridized carbons (Fsp3) is 0.294. The van der Waals surface area contributed by atoms with Gasteiger partial charge in [-0.15, -0.1) is 0 Å². The van der Waals surface area contributed by atoms with Gasteiger partial charge in [-0.05, 0) is 25.5 Å². The van der Waals surface area contributed by atoms with E-state index in [9.17, 15) is 0 Å². The summed E-state index contributed by atoms with van der Waals surface area (Å²) in [7, 11) is 2.04. The second-order valence-corrected chi connectivity index (χ2v) is 5.36. The zero-order valence-electron chi connectivity index (χ0n) is 12.2. The van der Waals surface area contributed by atoms with Crippen LogP contribution in [0.1, 0.15) is 31.5 Å². The third kappa shape index (κ3) is 2.09. The lowest BCUT2D eigenvalue weighted by molar-refractivity contribution is 0.490. The molecule has 1 atom stereocenters. The van der Waals surface area contributed by atoms with Gasteiger partial charge in [-0.3, -0.25) is 9.98 Å². The number of aliphatic imine (C=N–C) groups is 2. The van der Waals surface area contributed by atoms with Crippen molar-refractivity contribution in [2.75, 3.05) is 0 Å². The summed E-state index contributed by atoms with van der Waals surface area (Å²) in [6.07, 6.45) is 2.94. The van der Waals surface area contributed by atoms with Gasteiger partial charge in [-0.25, -0.2) is 0 Å². The van der Waals surface area contributed by atoms with Crippen molar-refractivity contribution in [1.29, 1.82) is 0 Å². The summed E-state index contributed by atoms with van der Waals surface area (Å²) in [5, 5.41) is 0. The lowest BCUT2D eigenvalue weighted by Gasteiger charge is -2.13. The fourth-order valence-corrected chi connectivity index (χ4v) is 2.45. The van der Waals surface area contributed by atoms with Gasteiger partial charge >= 0.3 is 0 Å². The Morgan fingerprint density at radius 3 is 2.30 bits per heavy atom. The number of benzene rings is 1. The first-order valence-electron chi connectivity index (χ1n) is 7.00. The zero-order valence-corrected chi connectivity index (χ0v) is 12.2. The number of hydrogen-bond acceptors (Lipinski definition) is 2. The summed E-state index contributed by atoms with van der Waals surface area (Å²) >= 11 is 0. The highest BCUT2D eigenvalue weighted by Crippen LogP contribution is 2.27. The van der Waals surface area contributed by atoms with Gasteiger partial charge in [0.15, 0.2) is 0 Å². The fourth-order valence-electron chi connectivity index (χ4n) is 2.45. The van der Waals surface area contributed by atoms with Crippen molar-refractivity contribution >= 4 is 11.4 Å². The van der Waals surface area contributed by atoms with Gasteiger partial charge in [0.1, 0.15) is 11.4 Å². The molecule has 0 spiro atoms. The Hall–Kier alpha value is -2.16. The van der Waals surface area contributed by atoms with Crippen LogP contribution in [-0.4, -0.2) is 21.7 Å². The van der Waals surface area contributed by atoms with Crippen LogP contribution in [0.25, 0.3) is 0 Å². The summed E-state index contributed by atoms with van der Waals surface area (Å²) in [5.41, 5.74) is 3.89. The van der Waals surface area contributed by atoms with E-state index in [1.165, 1.54) is 0 Å². The molecule has 0 fully saturated rings. The molecule has 20 heavy (non-hydrogen) atoms. The number of nitrogens with zero attached hydrogens (tertiary/aromatic N) is 3. The van der Waals surface area contributed by atoms with Gasteiger partial charge in [-0.1, -0.05) is 37.3 Å². The van der Waals surface area contributed by atoms with Gasteiger partial charge < -0.3 is 4.57 Å². The first-order valence-corrected chi connectivity index (χ1v) is 7.00. The van der Waals surface area contributed by atoms with Crippen LogP contribution in [0.5, 0.6) is 0 Å². The van der Waals surface area contributed by atoms with Crippen LogP contribution in [0.3, 0.4) is 0 Å². The summed E-state index contributed by atoms with van der Waals surface area (Å²) in [6.45, 7) is 4.22. The second kappa shape index (κ2) is 4.75. The van der Waals surface area contributed by atoms with E-state index in [0.29, 0.717) is 0 Å². The Bertz CT molecular complexity index is 679. The summed E-state index contributed by atoms with van der Waals surface area (Å²) in [5.74, 6) is 0. The molecule has 0 aliphatic carbocycles. The molecule has 2 heterocycles. The quantitative estimate of drug-likeness (QED) is 0.813. The standard InChI is InChI=1S/C17H19N3/c1-4-17(2)18-15(13-9-6-5-7-10-13)16(19-17)14-11-8-12-20(14)3/h5-12H,4H2,1-3H3. The minimum absolute atomic E-state index is 0.342. The van der Waals surface area contributed by atoms with Gasteiger partial charge in [0.25, 0.3) is 0 Å². The molecule has 1 aliphatic rings. The molecular formula is C17H19N3. The van der Waals surface area contributed by atoms with E-state index in [4.69, 9.17) is 9.98 Å². The molecule has 3 heteroatoms. The van der Waals surface area contributed by atoms with Crippen LogP contribution in [0, 0.1) is 0 Å². The highest BCUT2D eigenvalue weighted by Gasteiger charge is 2.31. The lowest BCUT2D eigenvalue weighted by atomic mass is 10.0. The minimum Gasteiger partial charge on any atom is -0.349 e. The normalized spacial score (nSPS) is 21.8. The van der Waals surface area contributed by atoms with E-state index < -0.39 is 0 Å². The van der Waals surface area contributed by atoms with E-state index in [2.05, 4.69) is 36.6 Å². The Labute approximate surface area is 119 Å². The van der Waals surface area contributed by atoms with Crippen LogP contribution in [0.2, 0.25) is 0 Å². The summed E-state index contributed by atoms with van der Waals surface area (Å²) in [4.78, 5) is 9.78. The third-order valence-corrected chi connectivity index (χ3v) is 3.83. The molecule has 1 aromatic carbocycles. The van der Waals surface area contributed by atoms with E-state index in [1.54, 1.807) is 0 Å². The zero-order chi connectivity index (χ0) is 14.2. The first-order chi connectivity index (χ1) is 9.63. The highest BCUT2D eigenvalue weighted by molar-refractivity contribution is 6.54. The molecule has 3 nitrogen and oxygen atoms in total. The molecule has 2 aromatic rings. The molecule has 0 bridgehead atoms. The summed E-state index contributed by atoms with van der Waals surface area (Å²) < 4.78 is 2.10. The van der Waals surface area contributed by atoms with E-state index >= 15 is 0 Å². The molecule has 0 radical (unpaired) electrons. The molecule has 1 unspecified atom stereocenters. The van der Waals surface area contributed by atoms with Gasteiger partial charge in [-0.2, -0.15) is 0 Å². The maximum absolute atomic E-state index is 4.89. The SMILES string of the molecule is CCC1(C)N=C(c2ccccc2)C(c2cccn2C)=N1. The van der Waals surface area contributed by atoms with Crippen molar-refractivity contribution in [1.82, 2.24) is 4.57 Å². The number of aryl methyl sites for hydroxylation is 1. The van der Waals surface area contributed by atoms with Crippen molar-refractivity contribution in [3.8, 4) is 0 Å². The first kappa shape index (κ1) is 12.9. The van der Waals surface area contributed by atoms with Crippen molar-refractivity contribution in [2.45, 2.75) is 25.9 Å². The Morgan fingerprint density at radius 1 is 1.00 bits per heavy atom. The summed E-state index contributed by atoms with van der Waals surface area (Å²) in [6, 6.07) is 14.4. The molecule has 1 aliphatic heterocycles. The smallest absolute Gasteiger partial charge is 0.148 e. The molecule has 102 valence electrons. The lowest BCUT2D eigenvalue weighted by Crippen LogP contribution is -2.16. The van der Waals surface area contributed by atoms with Crippen LogP contribution in [0.15, 0.2) is 58.6 Å². The Morgan fingerprint density at radius 2 is 1.70 bits per heavy atom. The number of rotatable bonds is 3. The topological polar surface area (TPSA) is 29.6 Å². The highest BCUT2D eigenvalue weighted by atomic mass is 15.1. The van der Waals surface area contributed by atoms with Crippen LogP contribution >= 0.6 is 0 Å². The van der Waals surface area contributed by atoms with Crippen molar-refractivity contribution in [3.63, 3.8) is 0 Å². The molecule has 1 aromatic heterocycles. The number of hydrogen-bond donors (Lipinski definition) is 0. The molecular weight excluding hydrogens is 246 g/mol. The maximum atomic E-state index is 4.89. The Balaban J connectivity index is 2.14. The predicted molar refractivity (Wildman–Crippen MR) is 83.6 cm³/mol. The van der Waals surface area contributed by atoms with Crippen LogP contribution < -0.4 is 0 Å². The van der Waals surface area contributed by atoms with Crippen LogP contribution in [-0.2, 0) is 7.05 Å². The molecule has 0 N–H and O–H groups in total. The Kier molecular flexibility index (Phi) is 3.05. The second-order valence-electron chi connectivity index (χ2n) is 5.36. The largest absolute Gasteiger partial charge is 0.349 e. The van der Waals surface area contributed by atoms with Gasteiger partial charge in [0.05, 0.1) is 11.4 Å². The van der Waals surface area contributed by atoms with Crippen molar-refractivity contribution in [3.05, 3.63) is 59.9 Å². The van der Waals surface area contributed by atoms with E-state index in [-0.39, 0.29) is 5.66 Å².